The lowest BCUT2D eigenvalue weighted by Gasteiger charge is -2.35. The van der Waals surface area contributed by atoms with Crippen molar-refractivity contribution in [2.45, 2.75) is 56.5 Å². The first-order valence-corrected chi connectivity index (χ1v) is 13.4. The number of benzene rings is 1. The summed E-state index contributed by atoms with van der Waals surface area (Å²) in [5, 5.41) is 8.38. The molecule has 0 bridgehead atoms. The average Bonchev–Trinajstić information content (AvgIpc) is 3.63. The highest BCUT2D eigenvalue weighted by Gasteiger charge is 2.42. The van der Waals surface area contributed by atoms with E-state index in [1.807, 2.05) is 24.5 Å². The van der Waals surface area contributed by atoms with Crippen molar-refractivity contribution in [1.82, 2.24) is 19.7 Å². The van der Waals surface area contributed by atoms with Crippen molar-refractivity contribution in [3.8, 4) is 11.1 Å². The van der Waals surface area contributed by atoms with Gasteiger partial charge in [-0.1, -0.05) is 0 Å². The maximum absolute atomic E-state index is 13.0. The van der Waals surface area contributed by atoms with Crippen molar-refractivity contribution in [2.75, 3.05) is 11.9 Å². The predicted octanol–water partition coefficient (Wildman–Crippen LogP) is 3.31. The molecule has 0 spiro atoms. The first kappa shape index (κ1) is 25.0. The summed E-state index contributed by atoms with van der Waals surface area (Å²) in [4.78, 5) is 53.6. The fourth-order valence-electron chi connectivity index (χ4n) is 5.63. The molecule has 2 aliphatic carbocycles. The van der Waals surface area contributed by atoms with Crippen molar-refractivity contribution in [2.24, 2.45) is 11.7 Å². The second-order valence-corrected chi connectivity index (χ2v) is 10.7. The summed E-state index contributed by atoms with van der Waals surface area (Å²) in [6, 6.07) is 8.30. The molecule has 39 heavy (non-hydrogen) atoms. The summed E-state index contributed by atoms with van der Waals surface area (Å²) >= 11 is 0. The number of aldehydes is 1. The van der Waals surface area contributed by atoms with Gasteiger partial charge in [0.1, 0.15) is 12.3 Å². The molecule has 1 aliphatic heterocycles. The number of carbonyl (C=O) groups is 4. The van der Waals surface area contributed by atoms with Gasteiger partial charge in [-0.25, -0.2) is 0 Å². The minimum absolute atomic E-state index is 0.0146. The highest BCUT2D eigenvalue weighted by molar-refractivity contribution is 6.23. The van der Waals surface area contributed by atoms with E-state index in [0.717, 1.165) is 35.5 Å². The van der Waals surface area contributed by atoms with Crippen LogP contribution in [-0.4, -0.2) is 56.3 Å². The van der Waals surface area contributed by atoms with Crippen molar-refractivity contribution in [1.29, 1.82) is 0 Å². The summed E-state index contributed by atoms with van der Waals surface area (Å²) in [5.74, 6) is -0.919. The highest BCUT2D eigenvalue weighted by Crippen LogP contribution is 2.45. The Kier molecular flexibility index (Phi) is 6.46. The number of pyridine rings is 1. The van der Waals surface area contributed by atoms with Crippen molar-refractivity contribution in [3.05, 3.63) is 65.7 Å². The number of rotatable bonds is 11. The Morgan fingerprint density at radius 2 is 1.82 bits per heavy atom. The van der Waals surface area contributed by atoms with E-state index < -0.39 is 23.8 Å². The van der Waals surface area contributed by atoms with Crippen LogP contribution in [0.3, 0.4) is 0 Å². The zero-order valence-corrected chi connectivity index (χ0v) is 21.5. The van der Waals surface area contributed by atoms with Crippen molar-refractivity contribution >= 4 is 29.7 Å². The van der Waals surface area contributed by atoms with Gasteiger partial charge in [-0.05, 0) is 73.9 Å². The van der Waals surface area contributed by atoms with Crippen molar-refractivity contribution in [3.63, 3.8) is 0 Å². The fourth-order valence-corrected chi connectivity index (χ4v) is 5.63. The van der Waals surface area contributed by atoms with Crippen LogP contribution in [-0.2, 0) is 9.59 Å². The number of imide groups is 1. The van der Waals surface area contributed by atoms with E-state index in [1.165, 1.54) is 24.1 Å². The number of primary amides is 1. The molecule has 0 radical (unpaired) electrons. The molecule has 3 heterocycles. The predicted molar refractivity (Wildman–Crippen MR) is 143 cm³/mol. The minimum Gasteiger partial charge on any atom is -0.385 e. The molecule has 3 N–H and O–H groups in total. The van der Waals surface area contributed by atoms with Crippen LogP contribution >= 0.6 is 0 Å². The lowest BCUT2D eigenvalue weighted by Crippen LogP contribution is -2.47. The van der Waals surface area contributed by atoms with Gasteiger partial charge in [0.15, 0.2) is 0 Å². The second kappa shape index (κ2) is 10.1. The van der Waals surface area contributed by atoms with Gasteiger partial charge < -0.3 is 15.8 Å². The van der Waals surface area contributed by atoms with E-state index in [4.69, 9.17) is 10.8 Å². The topological polar surface area (TPSA) is 140 Å². The smallest absolute Gasteiger partial charge is 0.262 e. The normalized spacial score (nSPS) is 20.9. The van der Waals surface area contributed by atoms with Crippen LogP contribution in [0.25, 0.3) is 11.1 Å². The molecule has 200 valence electrons. The fraction of sp³-hybridized carbons (Fsp3) is 0.379. The number of nitrogens with two attached hydrogens (primary N) is 1. The SMILES string of the molecule is NC(=O)C(CCC=O)N1C(=O)c2ccc(NCC3CC(n4cc(-c5ccncc5)c(C5CC5)n4)C3)cc2C1=O. The summed E-state index contributed by atoms with van der Waals surface area (Å²) in [5.41, 5.74) is 10.2. The Hall–Kier alpha value is -4.34. The van der Waals surface area contributed by atoms with Gasteiger partial charge in [-0.2, -0.15) is 5.10 Å². The molecular formula is C29H30N6O4. The third-order valence-corrected chi connectivity index (χ3v) is 8.01. The Morgan fingerprint density at radius 1 is 1.08 bits per heavy atom. The van der Waals surface area contributed by atoms with Gasteiger partial charge in [-0.3, -0.25) is 28.9 Å². The molecule has 2 saturated carbocycles. The first-order valence-electron chi connectivity index (χ1n) is 13.4. The van der Waals surface area contributed by atoms with Crippen LogP contribution in [0, 0.1) is 5.92 Å². The van der Waals surface area contributed by atoms with Gasteiger partial charge in [0.25, 0.3) is 11.8 Å². The van der Waals surface area contributed by atoms with Crippen LogP contribution in [0.1, 0.15) is 76.9 Å². The molecule has 10 heteroatoms. The van der Waals surface area contributed by atoms with E-state index in [2.05, 4.69) is 21.2 Å². The van der Waals surface area contributed by atoms with E-state index in [0.29, 0.717) is 24.2 Å². The van der Waals surface area contributed by atoms with E-state index in [-0.39, 0.29) is 24.0 Å². The number of carbonyl (C=O) groups excluding carboxylic acids is 4. The number of fused-ring (bicyclic) bond motifs is 1. The molecule has 3 amide bonds. The number of nitrogens with zero attached hydrogens (tertiary/aromatic N) is 4. The van der Waals surface area contributed by atoms with Crippen LogP contribution in [0.2, 0.25) is 0 Å². The van der Waals surface area contributed by atoms with Crippen LogP contribution < -0.4 is 11.1 Å². The molecule has 1 aromatic carbocycles. The third-order valence-electron chi connectivity index (χ3n) is 8.01. The number of amides is 3. The zero-order valence-electron chi connectivity index (χ0n) is 21.5. The molecule has 3 aliphatic rings. The number of anilines is 1. The van der Waals surface area contributed by atoms with Gasteiger partial charge in [-0.15, -0.1) is 0 Å². The quantitative estimate of drug-likeness (QED) is 0.288. The molecule has 0 saturated heterocycles. The summed E-state index contributed by atoms with van der Waals surface area (Å²) in [6.45, 7) is 0.734. The summed E-state index contributed by atoms with van der Waals surface area (Å²) in [7, 11) is 0. The highest BCUT2D eigenvalue weighted by atomic mass is 16.2. The number of hydrogen-bond acceptors (Lipinski definition) is 7. The van der Waals surface area contributed by atoms with Gasteiger partial charge in [0, 0.05) is 48.7 Å². The minimum atomic E-state index is -1.15. The largest absolute Gasteiger partial charge is 0.385 e. The van der Waals surface area contributed by atoms with Gasteiger partial charge in [0.2, 0.25) is 5.91 Å². The molecule has 2 aromatic heterocycles. The molecule has 3 aromatic rings. The van der Waals surface area contributed by atoms with Crippen LogP contribution in [0.5, 0.6) is 0 Å². The van der Waals surface area contributed by atoms with E-state index >= 15 is 0 Å². The Morgan fingerprint density at radius 3 is 2.51 bits per heavy atom. The van der Waals surface area contributed by atoms with E-state index in [1.54, 1.807) is 18.2 Å². The second-order valence-electron chi connectivity index (χ2n) is 10.7. The molecular weight excluding hydrogens is 496 g/mol. The van der Waals surface area contributed by atoms with Crippen molar-refractivity contribution < 1.29 is 19.2 Å². The first-order chi connectivity index (χ1) is 18.9. The van der Waals surface area contributed by atoms with Crippen LogP contribution in [0.4, 0.5) is 5.69 Å². The number of hydrogen-bond donors (Lipinski definition) is 2. The maximum atomic E-state index is 13.0. The Bertz CT molecular complexity index is 1440. The average molecular weight is 527 g/mol. The maximum Gasteiger partial charge on any atom is 0.262 e. The molecule has 6 rings (SSSR count). The molecule has 1 unspecified atom stereocenters. The number of aromatic nitrogens is 3. The Balaban J connectivity index is 1.08. The van der Waals surface area contributed by atoms with Gasteiger partial charge >= 0.3 is 0 Å². The molecule has 1 atom stereocenters. The zero-order chi connectivity index (χ0) is 27.1. The third kappa shape index (κ3) is 4.71. The number of nitrogens with one attached hydrogen (secondary N) is 1. The molecule has 2 fully saturated rings. The van der Waals surface area contributed by atoms with E-state index in [9.17, 15) is 19.2 Å². The lowest BCUT2D eigenvalue weighted by atomic mass is 9.80. The molecule has 10 nitrogen and oxygen atoms in total. The lowest BCUT2D eigenvalue weighted by molar-refractivity contribution is -0.122. The van der Waals surface area contributed by atoms with Crippen LogP contribution in [0.15, 0.2) is 48.9 Å². The monoisotopic (exact) mass is 526 g/mol. The van der Waals surface area contributed by atoms with Gasteiger partial charge in [0.05, 0.1) is 22.9 Å². The standard InChI is InChI=1S/C29H30N6O4/c30-27(37)25(2-1-11-36)35-28(38)22-6-5-20(14-23(22)29(35)39)32-15-17-12-21(13-17)34-16-24(18-7-9-31-10-8-18)26(33-34)19-3-4-19/h5-11,14,16-17,19,21,25,32H,1-4,12-13,15H2,(H2,30,37). The summed E-state index contributed by atoms with van der Waals surface area (Å²) < 4.78 is 2.13. The Labute approximate surface area is 225 Å². The summed E-state index contributed by atoms with van der Waals surface area (Å²) in [6.07, 6.45) is 10.9.